The van der Waals surface area contributed by atoms with Crippen molar-refractivity contribution in [1.82, 2.24) is 4.90 Å². The molecule has 3 aromatic rings. The fraction of sp³-hybridized carbons (Fsp3) is 0.240. The molecule has 0 radical (unpaired) electrons. The molecule has 0 saturated carbocycles. The number of sulfone groups is 1. The van der Waals surface area contributed by atoms with E-state index in [1.165, 1.54) is 6.07 Å². The molecule has 0 bridgehead atoms. The first-order chi connectivity index (χ1) is 15.6. The van der Waals surface area contributed by atoms with Crippen LogP contribution in [0.5, 0.6) is 0 Å². The number of hydrogen-bond donors (Lipinski definition) is 1. The van der Waals surface area contributed by atoms with Crippen molar-refractivity contribution in [2.24, 2.45) is 0 Å². The molecule has 33 heavy (non-hydrogen) atoms. The van der Waals surface area contributed by atoms with Gasteiger partial charge < -0.3 is 5.11 Å². The molecule has 0 spiro atoms. The summed E-state index contributed by atoms with van der Waals surface area (Å²) < 4.78 is 25.5. The highest BCUT2D eigenvalue weighted by Crippen LogP contribution is 2.44. The lowest BCUT2D eigenvalue weighted by Crippen LogP contribution is -2.66. The zero-order valence-electron chi connectivity index (χ0n) is 17.8. The lowest BCUT2D eigenvalue weighted by Gasteiger charge is -2.53. The van der Waals surface area contributed by atoms with Crippen LogP contribution in [0.3, 0.4) is 0 Å². The van der Waals surface area contributed by atoms with Crippen LogP contribution >= 0.6 is 23.2 Å². The van der Waals surface area contributed by atoms with E-state index >= 15 is 0 Å². The van der Waals surface area contributed by atoms with Gasteiger partial charge in [0.25, 0.3) is 0 Å². The lowest BCUT2D eigenvalue weighted by atomic mass is 9.82. The number of halogens is 2. The SMILES string of the molecule is CS(=O)(=O)C(c1cccc(C#N)c1)C1(O)CN(C(c2ccc(Cl)cc2)c2ccc(Cl)cc2)C1. The Morgan fingerprint density at radius 1 is 0.939 bits per heavy atom. The maximum Gasteiger partial charge on any atom is 0.157 e. The average molecular weight is 501 g/mol. The van der Waals surface area contributed by atoms with Crippen LogP contribution in [0, 0.1) is 11.3 Å². The van der Waals surface area contributed by atoms with Gasteiger partial charge in [0.2, 0.25) is 0 Å². The van der Waals surface area contributed by atoms with Gasteiger partial charge in [-0.2, -0.15) is 5.26 Å². The zero-order valence-corrected chi connectivity index (χ0v) is 20.1. The Morgan fingerprint density at radius 3 is 1.91 bits per heavy atom. The third-order valence-corrected chi connectivity index (χ3v) is 8.00. The number of aliphatic hydroxyl groups is 1. The van der Waals surface area contributed by atoms with Crippen LogP contribution in [-0.2, 0) is 9.84 Å². The standard InChI is InChI=1S/C25H22Cl2N2O3S/c1-33(31,32)24(20-4-2-3-17(13-20)14-28)25(30)15-29(16-25)23(18-5-9-21(26)10-6-18)19-7-11-22(27)12-8-19/h2-13,23-24,30H,15-16H2,1H3. The fourth-order valence-electron chi connectivity index (χ4n) is 4.64. The van der Waals surface area contributed by atoms with Crippen molar-refractivity contribution >= 4 is 33.0 Å². The molecule has 4 rings (SSSR count). The summed E-state index contributed by atoms with van der Waals surface area (Å²) >= 11 is 12.2. The molecule has 1 heterocycles. The van der Waals surface area contributed by atoms with Gasteiger partial charge in [-0.15, -0.1) is 0 Å². The van der Waals surface area contributed by atoms with Crippen LogP contribution in [0.1, 0.15) is 33.5 Å². The Balaban J connectivity index is 1.69. The maximum atomic E-state index is 12.8. The molecule has 1 atom stereocenters. The molecule has 1 saturated heterocycles. The molecular formula is C25H22Cl2N2O3S. The molecule has 8 heteroatoms. The molecule has 1 aliphatic rings. The van der Waals surface area contributed by atoms with Crippen LogP contribution in [-0.4, -0.2) is 43.4 Å². The number of β-amino-alcohol motifs (C(OH)–C–C–N with tert-alkyl or cyclic N) is 1. The third-order valence-electron chi connectivity index (χ3n) is 5.93. The minimum absolute atomic E-state index is 0.136. The summed E-state index contributed by atoms with van der Waals surface area (Å²) in [5.74, 6) is 0. The van der Waals surface area contributed by atoms with Crippen molar-refractivity contribution in [3.63, 3.8) is 0 Å². The van der Waals surface area contributed by atoms with E-state index in [9.17, 15) is 18.8 Å². The van der Waals surface area contributed by atoms with Crippen molar-refractivity contribution in [2.75, 3.05) is 19.3 Å². The highest BCUT2D eigenvalue weighted by molar-refractivity contribution is 7.91. The molecule has 1 fully saturated rings. The zero-order chi connectivity index (χ0) is 23.8. The van der Waals surface area contributed by atoms with Crippen molar-refractivity contribution in [1.29, 1.82) is 5.26 Å². The summed E-state index contributed by atoms with van der Waals surface area (Å²) in [6.07, 6.45) is 1.12. The highest BCUT2D eigenvalue weighted by Gasteiger charge is 2.54. The van der Waals surface area contributed by atoms with Gasteiger partial charge in [-0.25, -0.2) is 8.42 Å². The third kappa shape index (κ3) is 4.93. The van der Waals surface area contributed by atoms with E-state index in [-0.39, 0.29) is 19.1 Å². The van der Waals surface area contributed by atoms with Crippen LogP contribution in [0.4, 0.5) is 0 Å². The van der Waals surface area contributed by atoms with Gasteiger partial charge in [0.05, 0.1) is 17.7 Å². The first-order valence-corrected chi connectivity index (χ1v) is 13.0. The molecule has 170 valence electrons. The Labute approximate surface area is 203 Å². The quantitative estimate of drug-likeness (QED) is 0.526. The van der Waals surface area contributed by atoms with E-state index < -0.39 is 20.7 Å². The van der Waals surface area contributed by atoms with Crippen LogP contribution in [0.25, 0.3) is 0 Å². The summed E-state index contributed by atoms with van der Waals surface area (Å²) in [5, 5.41) is 20.8. The van der Waals surface area contributed by atoms with Gasteiger partial charge in [0.15, 0.2) is 9.84 Å². The fourth-order valence-corrected chi connectivity index (χ4v) is 6.48. The first-order valence-electron chi connectivity index (χ1n) is 10.3. The monoisotopic (exact) mass is 500 g/mol. The average Bonchev–Trinajstić information content (AvgIpc) is 2.74. The van der Waals surface area contributed by atoms with E-state index in [1.54, 1.807) is 42.5 Å². The van der Waals surface area contributed by atoms with Crippen molar-refractivity contribution in [2.45, 2.75) is 16.9 Å². The summed E-state index contributed by atoms with van der Waals surface area (Å²) in [6.45, 7) is 0.273. The van der Waals surface area contributed by atoms with Gasteiger partial charge in [0, 0.05) is 29.4 Å². The smallest absolute Gasteiger partial charge is 0.157 e. The van der Waals surface area contributed by atoms with Gasteiger partial charge in [-0.3, -0.25) is 4.90 Å². The topological polar surface area (TPSA) is 81.4 Å². The van der Waals surface area contributed by atoms with E-state index in [0.29, 0.717) is 21.2 Å². The summed E-state index contributed by atoms with van der Waals surface area (Å²) in [7, 11) is -3.67. The second-order valence-electron chi connectivity index (χ2n) is 8.46. The summed E-state index contributed by atoms with van der Waals surface area (Å²) in [4.78, 5) is 2.03. The van der Waals surface area contributed by atoms with Crippen LogP contribution in [0.15, 0.2) is 72.8 Å². The molecule has 1 aliphatic heterocycles. The van der Waals surface area contributed by atoms with Crippen LogP contribution < -0.4 is 0 Å². The molecule has 0 aliphatic carbocycles. The van der Waals surface area contributed by atoms with E-state index in [0.717, 1.165) is 17.4 Å². The number of nitrogens with zero attached hydrogens (tertiary/aromatic N) is 2. The van der Waals surface area contributed by atoms with E-state index in [2.05, 4.69) is 0 Å². The minimum atomic E-state index is -3.67. The van der Waals surface area contributed by atoms with Gasteiger partial charge in [-0.05, 0) is 53.1 Å². The Morgan fingerprint density at radius 2 is 1.45 bits per heavy atom. The molecule has 1 unspecified atom stereocenters. The first kappa shape index (κ1) is 23.7. The van der Waals surface area contributed by atoms with Crippen LogP contribution in [0.2, 0.25) is 10.0 Å². The van der Waals surface area contributed by atoms with Gasteiger partial charge in [-0.1, -0.05) is 59.6 Å². The minimum Gasteiger partial charge on any atom is -0.385 e. The summed E-state index contributed by atoms with van der Waals surface area (Å²) in [6, 6.07) is 23.1. The normalized spacial score (nSPS) is 16.7. The molecule has 5 nitrogen and oxygen atoms in total. The molecule has 0 amide bonds. The molecule has 1 N–H and O–H groups in total. The number of likely N-dealkylation sites (tertiary alicyclic amines) is 1. The Kier molecular flexibility index (Phi) is 6.54. The van der Waals surface area contributed by atoms with Gasteiger partial charge >= 0.3 is 0 Å². The predicted octanol–water partition coefficient (Wildman–Crippen LogP) is 4.79. The van der Waals surface area contributed by atoms with E-state index in [1.807, 2.05) is 35.2 Å². The number of hydrogen-bond acceptors (Lipinski definition) is 5. The largest absolute Gasteiger partial charge is 0.385 e. The highest BCUT2D eigenvalue weighted by atomic mass is 35.5. The molecule has 3 aromatic carbocycles. The number of rotatable bonds is 6. The lowest BCUT2D eigenvalue weighted by molar-refractivity contribution is -0.112. The Hall–Kier alpha value is -2.40. The van der Waals surface area contributed by atoms with Crippen molar-refractivity contribution in [3.05, 3.63) is 105 Å². The Bertz CT molecular complexity index is 1250. The second kappa shape index (κ2) is 9.09. The maximum absolute atomic E-state index is 12.8. The molecule has 0 aromatic heterocycles. The number of nitriles is 1. The molecular weight excluding hydrogens is 479 g/mol. The van der Waals surface area contributed by atoms with E-state index in [4.69, 9.17) is 23.2 Å². The van der Waals surface area contributed by atoms with Crippen molar-refractivity contribution in [3.8, 4) is 6.07 Å². The predicted molar refractivity (Wildman–Crippen MR) is 130 cm³/mol. The summed E-state index contributed by atoms with van der Waals surface area (Å²) in [5.41, 5.74) is 1.19. The van der Waals surface area contributed by atoms with Crippen molar-refractivity contribution < 1.29 is 13.5 Å². The number of benzene rings is 3. The van der Waals surface area contributed by atoms with Gasteiger partial charge in [0.1, 0.15) is 10.9 Å². The second-order valence-corrected chi connectivity index (χ2v) is 11.5.